The van der Waals surface area contributed by atoms with Crippen LogP contribution in [0.4, 0.5) is 0 Å². The number of aryl methyl sites for hydroxylation is 1. The number of hydrogen-bond donors (Lipinski definition) is 1. The first kappa shape index (κ1) is 14.1. The molecule has 0 saturated heterocycles. The molecule has 0 saturated carbocycles. The summed E-state index contributed by atoms with van der Waals surface area (Å²) < 4.78 is 1.78. The van der Waals surface area contributed by atoms with Crippen molar-refractivity contribution in [1.82, 2.24) is 9.78 Å². The fourth-order valence-corrected chi connectivity index (χ4v) is 2.06. The van der Waals surface area contributed by atoms with Crippen molar-refractivity contribution in [2.75, 3.05) is 0 Å². The Morgan fingerprint density at radius 1 is 1.24 bits per heavy atom. The third kappa shape index (κ3) is 3.76. The van der Waals surface area contributed by atoms with Gasteiger partial charge in [-0.05, 0) is 25.2 Å². The van der Waals surface area contributed by atoms with Crippen LogP contribution in [0.25, 0.3) is 0 Å². The number of hydrogen-bond acceptors (Lipinski definition) is 2. The highest BCUT2D eigenvalue weighted by Gasteiger charge is 2.16. The molecular weight excluding hydrogens is 212 g/mol. The second-order valence-electron chi connectivity index (χ2n) is 5.17. The zero-order valence-electron chi connectivity index (χ0n) is 11.7. The molecule has 98 valence electrons. The molecule has 0 aromatic carbocycles. The Labute approximate surface area is 105 Å². The van der Waals surface area contributed by atoms with Gasteiger partial charge in [0.05, 0.1) is 5.69 Å². The maximum absolute atomic E-state index is 10.2. The highest BCUT2D eigenvalue weighted by Crippen LogP contribution is 2.25. The molecule has 3 heteroatoms. The molecule has 1 aromatic heterocycles. The second-order valence-corrected chi connectivity index (χ2v) is 5.17. The van der Waals surface area contributed by atoms with Crippen LogP contribution in [0, 0.1) is 5.92 Å². The second kappa shape index (κ2) is 6.67. The summed E-state index contributed by atoms with van der Waals surface area (Å²) in [6.07, 6.45) is 5.14. The summed E-state index contributed by atoms with van der Waals surface area (Å²) in [7, 11) is 0. The van der Waals surface area contributed by atoms with E-state index in [1.807, 2.05) is 0 Å². The van der Waals surface area contributed by atoms with Crippen LogP contribution in [-0.2, 0) is 19.4 Å². The minimum absolute atomic E-state index is 0.399. The first-order valence-electron chi connectivity index (χ1n) is 6.87. The minimum Gasteiger partial charge on any atom is -0.493 e. The summed E-state index contributed by atoms with van der Waals surface area (Å²) in [6.45, 7) is 9.51. The number of nitrogens with zero attached hydrogens (tertiary/aromatic N) is 2. The van der Waals surface area contributed by atoms with E-state index in [-0.39, 0.29) is 0 Å². The number of unbranched alkanes of at least 4 members (excludes halogenated alkanes) is 1. The van der Waals surface area contributed by atoms with E-state index < -0.39 is 0 Å². The molecule has 0 amide bonds. The van der Waals surface area contributed by atoms with Crippen LogP contribution >= 0.6 is 0 Å². The van der Waals surface area contributed by atoms with Gasteiger partial charge >= 0.3 is 0 Å². The van der Waals surface area contributed by atoms with E-state index in [1.165, 1.54) is 0 Å². The normalized spacial score (nSPS) is 11.4. The average Bonchev–Trinajstić information content (AvgIpc) is 2.54. The van der Waals surface area contributed by atoms with Crippen molar-refractivity contribution in [1.29, 1.82) is 0 Å². The zero-order chi connectivity index (χ0) is 12.8. The van der Waals surface area contributed by atoms with Gasteiger partial charge in [0.25, 0.3) is 0 Å². The number of rotatable bonds is 7. The van der Waals surface area contributed by atoms with Gasteiger partial charge in [0.2, 0.25) is 5.88 Å². The largest absolute Gasteiger partial charge is 0.493 e. The third-order valence-electron chi connectivity index (χ3n) is 2.93. The minimum atomic E-state index is 0.399. The van der Waals surface area contributed by atoms with E-state index in [0.717, 1.165) is 49.9 Å². The molecule has 0 aliphatic heterocycles. The summed E-state index contributed by atoms with van der Waals surface area (Å²) in [6, 6.07) is 0. The highest BCUT2D eigenvalue weighted by molar-refractivity contribution is 5.31. The van der Waals surface area contributed by atoms with Crippen LogP contribution in [0.5, 0.6) is 5.88 Å². The molecule has 1 N–H and O–H groups in total. The van der Waals surface area contributed by atoms with E-state index in [0.29, 0.717) is 11.8 Å². The SMILES string of the molecule is CCCCn1nc(CC(C)C)c(CCC)c1O. The smallest absolute Gasteiger partial charge is 0.212 e. The molecule has 0 unspecified atom stereocenters. The lowest BCUT2D eigenvalue weighted by atomic mass is 10.0. The van der Waals surface area contributed by atoms with Gasteiger partial charge in [0.1, 0.15) is 0 Å². The fourth-order valence-electron chi connectivity index (χ4n) is 2.06. The molecule has 0 atom stereocenters. The van der Waals surface area contributed by atoms with Crippen molar-refractivity contribution < 1.29 is 5.11 Å². The monoisotopic (exact) mass is 238 g/mol. The molecule has 1 rings (SSSR count). The quantitative estimate of drug-likeness (QED) is 0.789. The lowest BCUT2D eigenvalue weighted by molar-refractivity contribution is 0.388. The van der Waals surface area contributed by atoms with Crippen molar-refractivity contribution >= 4 is 0 Å². The van der Waals surface area contributed by atoms with Crippen LogP contribution in [0.1, 0.15) is 58.2 Å². The predicted molar refractivity (Wildman–Crippen MR) is 71.3 cm³/mol. The van der Waals surface area contributed by atoms with Gasteiger partial charge in [0, 0.05) is 12.1 Å². The lowest BCUT2D eigenvalue weighted by Gasteiger charge is -2.03. The Hall–Kier alpha value is -0.990. The Balaban J connectivity index is 2.92. The molecule has 17 heavy (non-hydrogen) atoms. The third-order valence-corrected chi connectivity index (χ3v) is 2.93. The molecular formula is C14H26N2O. The van der Waals surface area contributed by atoms with Gasteiger partial charge in [-0.3, -0.25) is 0 Å². The lowest BCUT2D eigenvalue weighted by Crippen LogP contribution is -2.02. The van der Waals surface area contributed by atoms with Gasteiger partial charge < -0.3 is 5.11 Å². The number of aromatic nitrogens is 2. The molecule has 0 spiro atoms. The Morgan fingerprint density at radius 3 is 2.47 bits per heavy atom. The highest BCUT2D eigenvalue weighted by atomic mass is 16.3. The van der Waals surface area contributed by atoms with E-state index in [4.69, 9.17) is 0 Å². The topological polar surface area (TPSA) is 38.0 Å². The van der Waals surface area contributed by atoms with Gasteiger partial charge in [-0.1, -0.05) is 40.5 Å². The van der Waals surface area contributed by atoms with E-state index in [2.05, 4.69) is 32.8 Å². The van der Waals surface area contributed by atoms with Crippen LogP contribution in [0.3, 0.4) is 0 Å². The summed E-state index contributed by atoms with van der Waals surface area (Å²) in [5.74, 6) is 0.982. The summed E-state index contributed by atoms with van der Waals surface area (Å²) in [5.41, 5.74) is 2.16. The van der Waals surface area contributed by atoms with Crippen LogP contribution in [0.2, 0.25) is 0 Å². The average molecular weight is 238 g/mol. The van der Waals surface area contributed by atoms with Crippen LogP contribution in [-0.4, -0.2) is 14.9 Å². The first-order valence-corrected chi connectivity index (χ1v) is 6.87. The first-order chi connectivity index (χ1) is 8.10. The summed E-state index contributed by atoms with van der Waals surface area (Å²) >= 11 is 0. The Morgan fingerprint density at radius 2 is 1.94 bits per heavy atom. The van der Waals surface area contributed by atoms with Crippen molar-refractivity contribution in [3.8, 4) is 5.88 Å². The van der Waals surface area contributed by atoms with Crippen molar-refractivity contribution in [2.24, 2.45) is 5.92 Å². The van der Waals surface area contributed by atoms with Gasteiger partial charge in [-0.25, -0.2) is 4.68 Å². The van der Waals surface area contributed by atoms with Crippen LogP contribution < -0.4 is 0 Å². The van der Waals surface area contributed by atoms with E-state index in [1.54, 1.807) is 4.68 Å². The molecule has 0 fully saturated rings. The van der Waals surface area contributed by atoms with Crippen LogP contribution in [0.15, 0.2) is 0 Å². The molecule has 3 nitrogen and oxygen atoms in total. The number of aromatic hydroxyl groups is 1. The Bertz CT molecular complexity index is 342. The Kier molecular flexibility index (Phi) is 5.52. The van der Waals surface area contributed by atoms with E-state index >= 15 is 0 Å². The summed E-state index contributed by atoms with van der Waals surface area (Å²) in [5, 5.41) is 14.8. The van der Waals surface area contributed by atoms with Gasteiger partial charge in [-0.15, -0.1) is 0 Å². The van der Waals surface area contributed by atoms with Gasteiger partial charge in [0.15, 0.2) is 0 Å². The van der Waals surface area contributed by atoms with Crippen molar-refractivity contribution in [3.63, 3.8) is 0 Å². The predicted octanol–water partition coefficient (Wildman–Crippen LogP) is 3.54. The maximum Gasteiger partial charge on any atom is 0.212 e. The molecule has 0 aliphatic rings. The molecule has 1 heterocycles. The molecule has 0 radical (unpaired) electrons. The van der Waals surface area contributed by atoms with Crippen molar-refractivity contribution in [2.45, 2.75) is 66.3 Å². The van der Waals surface area contributed by atoms with Gasteiger partial charge in [-0.2, -0.15) is 5.10 Å². The summed E-state index contributed by atoms with van der Waals surface area (Å²) in [4.78, 5) is 0. The molecule has 1 aromatic rings. The fraction of sp³-hybridized carbons (Fsp3) is 0.786. The zero-order valence-corrected chi connectivity index (χ0v) is 11.7. The standard InChI is InChI=1S/C14H26N2O/c1-5-7-9-16-14(17)12(8-6-2)13(15-16)10-11(3)4/h11,17H,5-10H2,1-4H3. The molecule has 0 aliphatic carbocycles. The van der Waals surface area contributed by atoms with E-state index in [9.17, 15) is 5.11 Å². The molecule has 0 bridgehead atoms. The maximum atomic E-state index is 10.2. The van der Waals surface area contributed by atoms with Crippen molar-refractivity contribution in [3.05, 3.63) is 11.3 Å².